The third kappa shape index (κ3) is 4.23. The van der Waals surface area contributed by atoms with Crippen molar-refractivity contribution in [1.82, 2.24) is 0 Å². The van der Waals surface area contributed by atoms with Gasteiger partial charge in [0.1, 0.15) is 0 Å². The fraction of sp³-hybridized carbons (Fsp3) is 0.500. The molecule has 2 fully saturated rings. The van der Waals surface area contributed by atoms with E-state index in [4.69, 9.17) is 0 Å². The standard InChI is InChI=1S/C24H27F3/c25-22-14-21(15-23(26)24(22)27)20-11-9-19(10-12-20)18-7-5-17(6-8-18)13-16-3-1-2-4-16/h9-12,14-18H,1-8,13H2. The summed E-state index contributed by atoms with van der Waals surface area (Å²) in [6, 6.07) is 10.0. The lowest BCUT2D eigenvalue weighted by Gasteiger charge is -2.30. The quantitative estimate of drug-likeness (QED) is 0.484. The highest BCUT2D eigenvalue weighted by Gasteiger charge is 2.26. The normalized spacial score (nSPS) is 23.7. The van der Waals surface area contributed by atoms with Crippen LogP contribution in [-0.2, 0) is 0 Å². The van der Waals surface area contributed by atoms with Gasteiger partial charge < -0.3 is 0 Å². The molecule has 0 unspecified atom stereocenters. The summed E-state index contributed by atoms with van der Waals surface area (Å²) in [6.07, 6.45) is 12.2. The van der Waals surface area contributed by atoms with Crippen LogP contribution in [0.2, 0.25) is 0 Å². The molecular formula is C24H27F3. The third-order valence-corrected chi connectivity index (χ3v) is 6.69. The predicted molar refractivity (Wildman–Crippen MR) is 103 cm³/mol. The van der Waals surface area contributed by atoms with E-state index in [-0.39, 0.29) is 0 Å². The molecule has 2 aliphatic rings. The Bertz CT molecular complexity index is 744. The van der Waals surface area contributed by atoms with Gasteiger partial charge in [-0.3, -0.25) is 0 Å². The summed E-state index contributed by atoms with van der Waals surface area (Å²) in [5, 5.41) is 0. The van der Waals surface area contributed by atoms with Crippen LogP contribution in [0.1, 0.15) is 69.3 Å². The first-order valence-corrected chi connectivity index (χ1v) is 10.3. The van der Waals surface area contributed by atoms with Gasteiger partial charge in [0.25, 0.3) is 0 Å². The van der Waals surface area contributed by atoms with Crippen molar-refractivity contribution in [3.63, 3.8) is 0 Å². The molecule has 0 aromatic heterocycles. The molecule has 144 valence electrons. The molecule has 0 nitrogen and oxygen atoms in total. The van der Waals surface area contributed by atoms with Gasteiger partial charge in [0, 0.05) is 0 Å². The maximum atomic E-state index is 13.5. The zero-order chi connectivity index (χ0) is 18.8. The smallest absolute Gasteiger partial charge is 0.194 e. The Morgan fingerprint density at radius 1 is 0.667 bits per heavy atom. The van der Waals surface area contributed by atoms with Gasteiger partial charge in [-0.2, -0.15) is 0 Å². The van der Waals surface area contributed by atoms with Gasteiger partial charge in [0.2, 0.25) is 0 Å². The SMILES string of the molecule is Fc1cc(-c2ccc(C3CCC(CC4CCCC4)CC3)cc2)cc(F)c1F. The van der Waals surface area contributed by atoms with Gasteiger partial charge in [-0.15, -0.1) is 0 Å². The zero-order valence-corrected chi connectivity index (χ0v) is 15.7. The molecule has 2 aliphatic carbocycles. The molecule has 3 heteroatoms. The molecule has 0 atom stereocenters. The molecule has 2 aromatic carbocycles. The Morgan fingerprint density at radius 3 is 1.81 bits per heavy atom. The monoisotopic (exact) mass is 372 g/mol. The summed E-state index contributed by atoms with van der Waals surface area (Å²) < 4.78 is 40.1. The first-order chi connectivity index (χ1) is 13.1. The van der Waals surface area contributed by atoms with Gasteiger partial charge in [-0.1, -0.05) is 49.9 Å². The number of halogens is 3. The van der Waals surface area contributed by atoms with Gasteiger partial charge in [-0.05, 0) is 78.7 Å². The Hall–Kier alpha value is -1.77. The van der Waals surface area contributed by atoms with Crippen LogP contribution in [0, 0.1) is 29.3 Å². The van der Waals surface area contributed by atoms with Crippen molar-refractivity contribution in [2.75, 3.05) is 0 Å². The zero-order valence-electron chi connectivity index (χ0n) is 15.7. The van der Waals surface area contributed by atoms with Crippen LogP contribution in [0.25, 0.3) is 11.1 Å². The van der Waals surface area contributed by atoms with Crippen LogP contribution in [0.4, 0.5) is 13.2 Å². The Kier molecular flexibility index (Phi) is 5.56. The molecule has 0 amide bonds. The molecule has 0 bridgehead atoms. The first kappa shape index (κ1) is 18.6. The summed E-state index contributed by atoms with van der Waals surface area (Å²) >= 11 is 0. The van der Waals surface area contributed by atoms with Gasteiger partial charge in [0.15, 0.2) is 17.5 Å². The summed E-state index contributed by atoms with van der Waals surface area (Å²) in [5.41, 5.74) is 2.39. The molecule has 0 spiro atoms. The Labute approximate surface area is 159 Å². The minimum absolute atomic E-state index is 0.373. The predicted octanol–water partition coefficient (Wildman–Crippen LogP) is 7.63. The minimum Gasteiger partial charge on any atom is -0.204 e. The Morgan fingerprint density at radius 2 is 1.22 bits per heavy atom. The maximum absolute atomic E-state index is 13.5. The highest BCUT2D eigenvalue weighted by atomic mass is 19.2. The highest BCUT2D eigenvalue weighted by Crippen LogP contribution is 2.41. The average Bonchev–Trinajstić information content (AvgIpc) is 3.19. The second-order valence-electron chi connectivity index (χ2n) is 8.48. The van der Waals surface area contributed by atoms with Crippen LogP contribution < -0.4 is 0 Å². The lowest BCUT2D eigenvalue weighted by atomic mass is 9.75. The van der Waals surface area contributed by atoms with Crippen molar-refractivity contribution in [1.29, 1.82) is 0 Å². The van der Waals surface area contributed by atoms with E-state index in [1.54, 1.807) is 0 Å². The average molecular weight is 372 g/mol. The lowest BCUT2D eigenvalue weighted by Crippen LogP contribution is -2.15. The van der Waals surface area contributed by atoms with Crippen LogP contribution >= 0.6 is 0 Å². The summed E-state index contributed by atoms with van der Waals surface area (Å²) in [4.78, 5) is 0. The number of hydrogen-bond donors (Lipinski definition) is 0. The summed E-state index contributed by atoms with van der Waals surface area (Å²) in [6.45, 7) is 0. The van der Waals surface area contributed by atoms with E-state index in [0.717, 1.165) is 24.0 Å². The molecule has 0 saturated heterocycles. The molecule has 2 saturated carbocycles. The summed E-state index contributed by atoms with van der Waals surface area (Å²) in [5.74, 6) is -1.24. The summed E-state index contributed by atoms with van der Waals surface area (Å²) in [7, 11) is 0. The molecule has 0 aliphatic heterocycles. The van der Waals surface area contributed by atoms with E-state index in [1.807, 2.05) is 12.1 Å². The second-order valence-corrected chi connectivity index (χ2v) is 8.48. The molecule has 2 aromatic rings. The number of rotatable bonds is 4. The van der Waals surface area contributed by atoms with Crippen molar-refractivity contribution < 1.29 is 13.2 Å². The molecule has 0 heterocycles. The van der Waals surface area contributed by atoms with E-state index < -0.39 is 17.5 Å². The molecule has 0 radical (unpaired) electrons. The van der Waals surface area contributed by atoms with Crippen LogP contribution in [0.5, 0.6) is 0 Å². The second kappa shape index (κ2) is 8.08. The van der Waals surface area contributed by atoms with Gasteiger partial charge in [0.05, 0.1) is 0 Å². The number of benzene rings is 2. The molecule has 4 rings (SSSR count). The van der Waals surface area contributed by atoms with E-state index in [2.05, 4.69) is 12.1 Å². The van der Waals surface area contributed by atoms with Gasteiger partial charge >= 0.3 is 0 Å². The first-order valence-electron chi connectivity index (χ1n) is 10.3. The van der Waals surface area contributed by atoms with Crippen molar-refractivity contribution >= 4 is 0 Å². The number of hydrogen-bond acceptors (Lipinski definition) is 0. The molecule has 0 N–H and O–H groups in total. The van der Waals surface area contributed by atoms with Crippen LogP contribution in [0.3, 0.4) is 0 Å². The van der Waals surface area contributed by atoms with E-state index in [1.165, 1.54) is 63.4 Å². The fourth-order valence-electron chi connectivity index (χ4n) is 5.12. The van der Waals surface area contributed by atoms with Crippen molar-refractivity contribution in [2.24, 2.45) is 11.8 Å². The van der Waals surface area contributed by atoms with Crippen molar-refractivity contribution in [3.05, 3.63) is 59.4 Å². The van der Waals surface area contributed by atoms with Crippen LogP contribution in [0.15, 0.2) is 36.4 Å². The van der Waals surface area contributed by atoms with Crippen LogP contribution in [-0.4, -0.2) is 0 Å². The van der Waals surface area contributed by atoms with Crippen molar-refractivity contribution in [3.8, 4) is 11.1 Å². The Balaban J connectivity index is 1.38. The fourth-order valence-corrected chi connectivity index (χ4v) is 5.12. The molecular weight excluding hydrogens is 345 g/mol. The van der Waals surface area contributed by atoms with E-state index in [9.17, 15) is 13.2 Å². The topological polar surface area (TPSA) is 0 Å². The largest absolute Gasteiger partial charge is 0.204 e. The van der Waals surface area contributed by atoms with E-state index >= 15 is 0 Å². The lowest BCUT2D eigenvalue weighted by molar-refractivity contribution is 0.270. The maximum Gasteiger partial charge on any atom is 0.194 e. The minimum atomic E-state index is -1.41. The van der Waals surface area contributed by atoms with Crippen molar-refractivity contribution in [2.45, 2.75) is 63.7 Å². The molecule has 27 heavy (non-hydrogen) atoms. The third-order valence-electron chi connectivity index (χ3n) is 6.69. The van der Waals surface area contributed by atoms with Gasteiger partial charge in [-0.25, -0.2) is 13.2 Å². The van der Waals surface area contributed by atoms with E-state index in [0.29, 0.717) is 17.0 Å². The highest BCUT2D eigenvalue weighted by molar-refractivity contribution is 5.64.